The van der Waals surface area contributed by atoms with Gasteiger partial charge in [-0.05, 0) is 55.2 Å². The fourth-order valence-corrected chi connectivity index (χ4v) is 5.04. The third-order valence-electron chi connectivity index (χ3n) is 6.35. The first kappa shape index (κ1) is 16.2. The van der Waals surface area contributed by atoms with E-state index in [2.05, 4.69) is 12.1 Å². The Morgan fingerprint density at radius 3 is 2.23 bits per heavy atom. The van der Waals surface area contributed by atoms with Crippen LogP contribution in [0.2, 0.25) is 5.02 Å². The van der Waals surface area contributed by atoms with Gasteiger partial charge >= 0.3 is 0 Å². The van der Waals surface area contributed by atoms with Crippen LogP contribution in [0.1, 0.15) is 57.9 Å². The van der Waals surface area contributed by atoms with E-state index in [1.165, 1.54) is 5.56 Å². The summed E-state index contributed by atoms with van der Waals surface area (Å²) in [6, 6.07) is 15.2. The van der Waals surface area contributed by atoms with Crippen LogP contribution in [0, 0.1) is 5.92 Å². The van der Waals surface area contributed by atoms with E-state index < -0.39 is 11.7 Å². The van der Waals surface area contributed by atoms with Gasteiger partial charge in [-0.2, -0.15) is 0 Å². The third kappa shape index (κ3) is 2.23. The molecule has 3 aliphatic rings. The van der Waals surface area contributed by atoms with Crippen molar-refractivity contribution in [2.75, 3.05) is 0 Å². The molecule has 2 atom stereocenters. The summed E-state index contributed by atoms with van der Waals surface area (Å²) in [4.78, 5) is 25.8. The fourth-order valence-electron chi connectivity index (χ4n) is 4.92. The van der Waals surface area contributed by atoms with E-state index in [1.54, 1.807) is 18.2 Å². The summed E-state index contributed by atoms with van der Waals surface area (Å²) in [5.74, 6) is 0.590. The van der Waals surface area contributed by atoms with Crippen LogP contribution < -0.4 is 0 Å². The molecule has 0 aromatic heterocycles. The second kappa shape index (κ2) is 5.77. The number of hydrogen-bond acceptors (Lipinski definition) is 3. The van der Waals surface area contributed by atoms with Crippen LogP contribution in [0.25, 0.3) is 0 Å². The van der Waals surface area contributed by atoms with Gasteiger partial charge in [0, 0.05) is 16.1 Å². The normalized spacial score (nSPS) is 32.7. The quantitative estimate of drug-likeness (QED) is 0.715. The van der Waals surface area contributed by atoms with Crippen molar-refractivity contribution in [2.45, 2.75) is 43.3 Å². The highest BCUT2D eigenvalue weighted by molar-refractivity contribution is 6.30. The Kier molecular flexibility index (Phi) is 3.60. The molecule has 26 heavy (non-hydrogen) atoms. The number of fused-ring (bicyclic) bond motifs is 2. The number of ether oxygens (including phenoxy) is 1. The SMILES string of the molecule is O=C1c2ccccc2C(=O)[C@]2(C3CCC(c4ccc(Cl)cc4)CC3)OC12. The van der Waals surface area contributed by atoms with Crippen molar-refractivity contribution in [1.29, 1.82) is 0 Å². The lowest BCUT2D eigenvalue weighted by molar-refractivity contribution is 0.0748. The number of carbonyl (C=O) groups excluding carboxylic acids is 2. The topological polar surface area (TPSA) is 46.7 Å². The molecular formula is C22H19ClO3. The Morgan fingerprint density at radius 1 is 0.885 bits per heavy atom. The molecule has 0 N–H and O–H groups in total. The first-order valence-corrected chi connectivity index (χ1v) is 9.60. The molecule has 3 nitrogen and oxygen atoms in total. The summed E-state index contributed by atoms with van der Waals surface area (Å²) >= 11 is 5.98. The van der Waals surface area contributed by atoms with Crippen molar-refractivity contribution in [3.63, 3.8) is 0 Å². The van der Waals surface area contributed by atoms with E-state index in [9.17, 15) is 9.59 Å². The predicted octanol–water partition coefficient (Wildman–Crippen LogP) is 4.83. The number of ketones is 2. The minimum atomic E-state index is -0.892. The molecule has 1 saturated carbocycles. The maximum absolute atomic E-state index is 13.1. The van der Waals surface area contributed by atoms with Crippen LogP contribution in [-0.4, -0.2) is 23.3 Å². The number of benzene rings is 2. The van der Waals surface area contributed by atoms with E-state index in [4.69, 9.17) is 16.3 Å². The molecular weight excluding hydrogens is 348 g/mol. The van der Waals surface area contributed by atoms with Gasteiger partial charge in [-0.25, -0.2) is 0 Å². The zero-order valence-corrected chi connectivity index (χ0v) is 15.0. The van der Waals surface area contributed by atoms with Crippen LogP contribution >= 0.6 is 11.6 Å². The summed E-state index contributed by atoms with van der Waals surface area (Å²) in [6.45, 7) is 0. The minimum absolute atomic E-state index is 0.00708. The van der Waals surface area contributed by atoms with E-state index in [0.717, 1.165) is 30.7 Å². The molecule has 0 amide bonds. The monoisotopic (exact) mass is 366 g/mol. The van der Waals surface area contributed by atoms with Crippen LogP contribution in [0.5, 0.6) is 0 Å². The van der Waals surface area contributed by atoms with Gasteiger partial charge in [0.15, 0.2) is 23.3 Å². The number of hydrogen-bond donors (Lipinski definition) is 0. The summed E-state index contributed by atoms with van der Waals surface area (Å²) in [5, 5.41) is 0.750. The van der Waals surface area contributed by atoms with Gasteiger partial charge in [0.2, 0.25) is 0 Å². The van der Waals surface area contributed by atoms with Crippen LogP contribution in [0.4, 0.5) is 0 Å². The highest BCUT2D eigenvalue weighted by atomic mass is 35.5. The Balaban J connectivity index is 1.37. The lowest BCUT2D eigenvalue weighted by Gasteiger charge is -2.33. The van der Waals surface area contributed by atoms with Gasteiger partial charge in [0.1, 0.15) is 0 Å². The molecule has 0 radical (unpaired) electrons. The molecule has 2 aliphatic carbocycles. The van der Waals surface area contributed by atoms with Crippen molar-refractivity contribution in [3.8, 4) is 0 Å². The average molecular weight is 367 g/mol. The van der Waals surface area contributed by atoms with Gasteiger partial charge in [-0.15, -0.1) is 0 Å². The summed E-state index contributed by atoms with van der Waals surface area (Å²) in [6.07, 6.45) is 3.26. The zero-order chi connectivity index (χ0) is 17.9. The van der Waals surface area contributed by atoms with Crippen molar-refractivity contribution >= 4 is 23.2 Å². The largest absolute Gasteiger partial charge is 0.348 e. The van der Waals surface area contributed by atoms with Crippen LogP contribution in [-0.2, 0) is 4.74 Å². The second-order valence-electron chi connectivity index (χ2n) is 7.63. The van der Waals surface area contributed by atoms with Gasteiger partial charge in [0.05, 0.1) is 0 Å². The Bertz CT molecular complexity index is 896. The first-order valence-electron chi connectivity index (χ1n) is 9.22. The van der Waals surface area contributed by atoms with Crippen LogP contribution in [0.15, 0.2) is 48.5 Å². The Hall–Kier alpha value is -1.97. The van der Waals surface area contributed by atoms with Crippen molar-refractivity contribution in [3.05, 3.63) is 70.2 Å². The smallest absolute Gasteiger partial charge is 0.198 e. The van der Waals surface area contributed by atoms with E-state index in [1.807, 2.05) is 18.2 Å². The van der Waals surface area contributed by atoms with Crippen molar-refractivity contribution in [1.82, 2.24) is 0 Å². The van der Waals surface area contributed by atoms with Crippen LogP contribution in [0.3, 0.4) is 0 Å². The van der Waals surface area contributed by atoms with Gasteiger partial charge in [-0.1, -0.05) is 48.0 Å². The van der Waals surface area contributed by atoms with Gasteiger partial charge < -0.3 is 4.74 Å². The Labute approximate surface area is 157 Å². The molecule has 2 aromatic rings. The fraction of sp³-hybridized carbons (Fsp3) is 0.364. The number of epoxide rings is 1. The van der Waals surface area contributed by atoms with E-state index in [-0.39, 0.29) is 17.5 Å². The molecule has 1 unspecified atom stereocenters. The zero-order valence-electron chi connectivity index (χ0n) is 14.3. The average Bonchev–Trinajstić information content (AvgIpc) is 3.45. The number of carbonyl (C=O) groups is 2. The minimum Gasteiger partial charge on any atom is -0.348 e. The summed E-state index contributed by atoms with van der Waals surface area (Å²) in [5.41, 5.74) is 1.46. The van der Waals surface area contributed by atoms with Gasteiger partial charge in [-0.3, -0.25) is 9.59 Å². The molecule has 132 valence electrons. The molecule has 5 rings (SSSR count). The molecule has 2 fully saturated rings. The third-order valence-corrected chi connectivity index (χ3v) is 6.60. The molecule has 4 heteroatoms. The summed E-state index contributed by atoms with van der Waals surface area (Å²) < 4.78 is 5.85. The highest BCUT2D eigenvalue weighted by Gasteiger charge is 2.72. The number of rotatable bonds is 2. The maximum atomic E-state index is 13.1. The highest BCUT2D eigenvalue weighted by Crippen LogP contribution is 2.55. The molecule has 1 aliphatic heterocycles. The maximum Gasteiger partial charge on any atom is 0.198 e. The molecule has 1 saturated heterocycles. The molecule has 0 bridgehead atoms. The lowest BCUT2D eigenvalue weighted by Crippen LogP contribution is -2.43. The van der Waals surface area contributed by atoms with Crippen molar-refractivity contribution in [2.24, 2.45) is 5.92 Å². The predicted molar refractivity (Wildman–Crippen MR) is 98.9 cm³/mol. The summed E-state index contributed by atoms with van der Waals surface area (Å²) in [7, 11) is 0. The Morgan fingerprint density at radius 2 is 1.54 bits per heavy atom. The van der Waals surface area contributed by atoms with E-state index in [0.29, 0.717) is 17.0 Å². The standard InChI is InChI=1S/C22H19ClO3/c23-16-11-7-14(8-12-16)13-5-9-15(10-6-13)22-20(25)18-4-2-1-3-17(18)19(24)21(22)26-22/h1-4,7-8,11-13,15,21H,5-6,9-10H2/t13?,15?,21?,22-/m0/s1. The number of Topliss-reactive ketones (excluding diaryl/α,β-unsaturated/α-hetero) is 2. The van der Waals surface area contributed by atoms with Crippen molar-refractivity contribution < 1.29 is 14.3 Å². The second-order valence-corrected chi connectivity index (χ2v) is 8.07. The molecule has 0 spiro atoms. The first-order chi connectivity index (χ1) is 12.6. The van der Waals surface area contributed by atoms with Gasteiger partial charge in [0.25, 0.3) is 0 Å². The number of halogens is 1. The molecule has 1 heterocycles. The molecule has 2 aromatic carbocycles. The van der Waals surface area contributed by atoms with E-state index >= 15 is 0 Å². The lowest BCUT2D eigenvalue weighted by atomic mass is 9.67.